The lowest BCUT2D eigenvalue weighted by molar-refractivity contribution is 0.175. The first kappa shape index (κ1) is 11.4. The summed E-state index contributed by atoms with van der Waals surface area (Å²) in [7, 11) is 1.64. The maximum Gasteiger partial charge on any atom is 0.212 e. The maximum absolute atomic E-state index is 5.04. The van der Waals surface area contributed by atoms with Crippen LogP contribution in [0.25, 0.3) is 0 Å². The molecule has 1 N–H and O–H groups in total. The van der Waals surface area contributed by atoms with Crippen LogP contribution in [0.3, 0.4) is 0 Å². The van der Waals surface area contributed by atoms with E-state index in [1.807, 2.05) is 12.3 Å². The van der Waals surface area contributed by atoms with Crippen LogP contribution in [-0.4, -0.2) is 17.6 Å². The standard InChI is InChI=1S/C13H20N2O/c1-3-13(7-4-8-13)15-10-11-5-6-12(16-2)14-9-11/h5-6,9,15H,3-4,7-8,10H2,1-2H3. The minimum Gasteiger partial charge on any atom is -0.481 e. The lowest BCUT2D eigenvalue weighted by atomic mass is 9.75. The summed E-state index contributed by atoms with van der Waals surface area (Å²) in [6.07, 6.45) is 7.09. The third-order valence-corrected chi connectivity index (χ3v) is 3.66. The third-order valence-electron chi connectivity index (χ3n) is 3.66. The van der Waals surface area contributed by atoms with Crippen LogP contribution < -0.4 is 10.1 Å². The first-order valence-electron chi connectivity index (χ1n) is 6.02. The highest BCUT2D eigenvalue weighted by atomic mass is 16.5. The molecule has 3 nitrogen and oxygen atoms in total. The fourth-order valence-electron chi connectivity index (χ4n) is 2.18. The molecule has 16 heavy (non-hydrogen) atoms. The molecule has 1 saturated carbocycles. The Bertz CT molecular complexity index is 325. The van der Waals surface area contributed by atoms with Crippen molar-refractivity contribution in [2.75, 3.05) is 7.11 Å². The molecule has 0 atom stereocenters. The topological polar surface area (TPSA) is 34.1 Å². The molecule has 88 valence electrons. The summed E-state index contributed by atoms with van der Waals surface area (Å²) >= 11 is 0. The predicted molar refractivity (Wildman–Crippen MR) is 64.5 cm³/mol. The molecule has 0 amide bonds. The van der Waals surface area contributed by atoms with Crippen molar-refractivity contribution in [1.29, 1.82) is 0 Å². The van der Waals surface area contributed by atoms with Gasteiger partial charge in [-0.15, -0.1) is 0 Å². The number of rotatable bonds is 5. The summed E-state index contributed by atoms with van der Waals surface area (Å²) in [6.45, 7) is 3.17. The average molecular weight is 220 g/mol. The molecule has 1 aliphatic rings. The molecule has 1 heterocycles. The van der Waals surface area contributed by atoms with E-state index in [4.69, 9.17) is 4.74 Å². The van der Waals surface area contributed by atoms with E-state index in [0.29, 0.717) is 11.4 Å². The summed E-state index contributed by atoms with van der Waals surface area (Å²) in [5, 5.41) is 3.66. The highest BCUT2D eigenvalue weighted by Gasteiger charge is 2.34. The van der Waals surface area contributed by atoms with E-state index in [1.165, 1.54) is 31.2 Å². The Hall–Kier alpha value is -1.09. The molecule has 0 bridgehead atoms. The number of hydrogen-bond donors (Lipinski definition) is 1. The SMILES string of the molecule is CCC1(NCc2ccc(OC)nc2)CCC1. The number of nitrogens with one attached hydrogen (secondary N) is 1. The van der Waals surface area contributed by atoms with Gasteiger partial charge in [0.1, 0.15) is 0 Å². The van der Waals surface area contributed by atoms with Crippen molar-refractivity contribution in [3.8, 4) is 5.88 Å². The van der Waals surface area contributed by atoms with E-state index >= 15 is 0 Å². The number of methoxy groups -OCH3 is 1. The van der Waals surface area contributed by atoms with E-state index in [0.717, 1.165) is 6.54 Å². The molecular weight excluding hydrogens is 200 g/mol. The first-order valence-corrected chi connectivity index (χ1v) is 6.02. The minimum atomic E-state index is 0.403. The first-order chi connectivity index (χ1) is 7.78. The summed E-state index contributed by atoms with van der Waals surface area (Å²) in [5.74, 6) is 0.678. The van der Waals surface area contributed by atoms with Gasteiger partial charge in [0, 0.05) is 24.3 Å². The van der Waals surface area contributed by atoms with Crippen LogP contribution in [0.2, 0.25) is 0 Å². The van der Waals surface area contributed by atoms with Gasteiger partial charge < -0.3 is 10.1 Å². The molecule has 2 rings (SSSR count). The van der Waals surface area contributed by atoms with Gasteiger partial charge in [-0.3, -0.25) is 0 Å². The van der Waals surface area contributed by atoms with E-state index in [1.54, 1.807) is 7.11 Å². The van der Waals surface area contributed by atoms with Gasteiger partial charge in [0.25, 0.3) is 0 Å². The zero-order valence-corrected chi connectivity index (χ0v) is 10.1. The van der Waals surface area contributed by atoms with Crippen LogP contribution in [-0.2, 0) is 6.54 Å². The summed E-state index contributed by atoms with van der Waals surface area (Å²) in [5.41, 5.74) is 1.63. The molecule has 0 radical (unpaired) electrons. The van der Waals surface area contributed by atoms with Gasteiger partial charge in [-0.25, -0.2) is 4.98 Å². The van der Waals surface area contributed by atoms with Gasteiger partial charge in [-0.2, -0.15) is 0 Å². The monoisotopic (exact) mass is 220 g/mol. The van der Waals surface area contributed by atoms with Crippen molar-refractivity contribution in [2.24, 2.45) is 0 Å². The predicted octanol–water partition coefficient (Wildman–Crippen LogP) is 2.51. The molecule has 0 aliphatic heterocycles. The molecule has 1 aromatic rings. The molecule has 1 aliphatic carbocycles. The second-order valence-electron chi connectivity index (χ2n) is 4.55. The van der Waals surface area contributed by atoms with E-state index in [-0.39, 0.29) is 0 Å². The second kappa shape index (κ2) is 4.83. The van der Waals surface area contributed by atoms with Crippen molar-refractivity contribution in [2.45, 2.75) is 44.7 Å². The zero-order chi connectivity index (χ0) is 11.4. The Labute approximate surface area is 97.2 Å². The van der Waals surface area contributed by atoms with Crippen LogP contribution in [0.1, 0.15) is 38.2 Å². The smallest absolute Gasteiger partial charge is 0.212 e. The van der Waals surface area contributed by atoms with Crippen LogP contribution in [0.4, 0.5) is 0 Å². The van der Waals surface area contributed by atoms with E-state index in [2.05, 4.69) is 23.3 Å². The Morgan fingerprint density at radius 2 is 2.25 bits per heavy atom. The lowest BCUT2D eigenvalue weighted by Crippen LogP contribution is -2.49. The maximum atomic E-state index is 5.04. The normalized spacial score (nSPS) is 17.9. The fraction of sp³-hybridized carbons (Fsp3) is 0.615. The molecule has 0 unspecified atom stereocenters. The number of nitrogens with zero attached hydrogens (tertiary/aromatic N) is 1. The number of ether oxygens (including phenoxy) is 1. The highest BCUT2D eigenvalue weighted by Crippen LogP contribution is 2.34. The average Bonchev–Trinajstić information content (AvgIpc) is 2.29. The fourth-order valence-corrected chi connectivity index (χ4v) is 2.18. The van der Waals surface area contributed by atoms with E-state index in [9.17, 15) is 0 Å². The summed E-state index contributed by atoms with van der Waals surface area (Å²) < 4.78 is 5.04. The lowest BCUT2D eigenvalue weighted by Gasteiger charge is -2.42. The van der Waals surface area contributed by atoms with Crippen LogP contribution >= 0.6 is 0 Å². The van der Waals surface area contributed by atoms with Gasteiger partial charge >= 0.3 is 0 Å². The number of pyridine rings is 1. The quantitative estimate of drug-likeness (QED) is 0.828. The molecular formula is C13H20N2O. The van der Waals surface area contributed by atoms with Crippen LogP contribution in [0.5, 0.6) is 5.88 Å². The minimum absolute atomic E-state index is 0.403. The van der Waals surface area contributed by atoms with Gasteiger partial charge in [-0.05, 0) is 31.2 Å². The van der Waals surface area contributed by atoms with Crippen molar-refractivity contribution < 1.29 is 4.74 Å². The Balaban J connectivity index is 1.89. The van der Waals surface area contributed by atoms with Crippen LogP contribution in [0.15, 0.2) is 18.3 Å². The Morgan fingerprint density at radius 1 is 1.44 bits per heavy atom. The molecule has 1 fully saturated rings. The Kier molecular flexibility index (Phi) is 3.44. The molecule has 3 heteroatoms. The van der Waals surface area contributed by atoms with Gasteiger partial charge in [0.05, 0.1) is 7.11 Å². The highest BCUT2D eigenvalue weighted by molar-refractivity contribution is 5.18. The molecule has 0 saturated heterocycles. The van der Waals surface area contributed by atoms with Gasteiger partial charge in [0.15, 0.2) is 0 Å². The molecule has 0 spiro atoms. The van der Waals surface area contributed by atoms with E-state index < -0.39 is 0 Å². The van der Waals surface area contributed by atoms with Crippen molar-refractivity contribution in [1.82, 2.24) is 10.3 Å². The summed E-state index contributed by atoms with van der Waals surface area (Å²) in [4.78, 5) is 4.21. The molecule has 0 aromatic carbocycles. The number of aromatic nitrogens is 1. The van der Waals surface area contributed by atoms with Crippen molar-refractivity contribution >= 4 is 0 Å². The van der Waals surface area contributed by atoms with Crippen LogP contribution in [0, 0.1) is 0 Å². The summed E-state index contributed by atoms with van der Waals surface area (Å²) in [6, 6.07) is 3.98. The number of hydrogen-bond acceptors (Lipinski definition) is 3. The largest absolute Gasteiger partial charge is 0.481 e. The Morgan fingerprint density at radius 3 is 2.69 bits per heavy atom. The zero-order valence-electron chi connectivity index (χ0n) is 10.1. The van der Waals surface area contributed by atoms with Crippen molar-refractivity contribution in [3.63, 3.8) is 0 Å². The molecule has 1 aromatic heterocycles. The van der Waals surface area contributed by atoms with Gasteiger partial charge in [-0.1, -0.05) is 13.0 Å². The third kappa shape index (κ3) is 2.35. The van der Waals surface area contributed by atoms with Gasteiger partial charge in [0.2, 0.25) is 5.88 Å². The van der Waals surface area contributed by atoms with Crippen molar-refractivity contribution in [3.05, 3.63) is 23.9 Å². The second-order valence-corrected chi connectivity index (χ2v) is 4.55.